The standard InChI is InChI=1S/C24H34N4O4S/c1-3-7-24(29)26-20-10-12-21(13-11-20)33(30,31)25-14-6-15-27-16-18-28(19-17-27)22-8-4-5-9-23(22)32-2/h4-5,8-13,25H,3,6-7,14-19H2,1-2H3,(H,26,29). The SMILES string of the molecule is CCCC(=O)Nc1ccc(S(=O)(=O)NCCCN2CCN(c3ccccc3OC)CC2)cc1. The second-order valence-corrected chi connectivity index (χ2v) is 9.84. The normalized spacial score (nSPS) is 14.8. The summed E-state index contributed by atoms with van der Waals surface area (Å²) in [5.74, 6) is 0.812. The minimum absolute atomic E-state index is 0.0741. The number of carbonyl (C=O) groups excluding carboxylic acids is 1. The van der Waals surface area contributed by atoms with Crippen LogP contribution in [0.15, 0.2) is 53.4 Å². The van der Waals surface area contributed by atoms with Crippen LogP contribution in [0.5, 0.6) is 5.75 Å². The zero-order chi connectivity index (χ0) is 23.7. The molecule has 1 aliphatic rings. The number of nitrogens with zero attached hydrogens (tertiary/aromatic N) is 2. The first kappa shape index (κ1) is 25.0. The molecule has 0 radical (unpaired) electrons. The van der Waals surface area contributed by atoms with Crippen molar-refractivity contribution in [1.29, 1.82) is 0 Å². The molecule has 2 aromatic rings. The molecule has 1 saturated heterocycles. The van der Waals surface area contributed by atoms with E-state index in [9.17, 15) is 13.2 Å². The minimum atomic E-state index is -3.57. The molecule has 9 heteroatoms. The number of para-hydroxylation sites is 2. The van der Waals surface area contributed by atoms with Crippen molar-refractivity contribution in [3.63, 3.8) is 0 Å². The molecule has 8 nitrogen and oxygen atoms in total. The lowest BCUT2D eigenvalue weighted by Gasteiger charge is -2.36. The third-order valence-electron chi connectivity index (χ3n) is 5.67. The molecule has 0 aliphatic carbocycles. The van der Waals surface area contributed by atoms with Crippen molar-refractivity contribution in [2.75, 3.05) is 56.6 Å². The van der Waals surface area contributed by atoms with Crippen molar-refractivity contribution in [2.24, 2.45) is 0 Å². The van der Waals surface area contributed by atoms with Crippen molar-refractivity contribution < 1.29 is 17.9 Å². The van der Waals surface area contributed by atoms with Crippen LogP contribution in [0, 0.1) is 0 Å². The van der Waals surface area contributed by atoms with Gasteiger partial charge in [0.25, 0.3) is 0 Å². The maximum Gasteiger partial charge on any atom is 0.240 e. The predicted molar refractivity (Wildman–Crippen MR) is 131 cm³/mol. The van der Waals surface area contributed by atoms with Crippen molar-refractivity contribution in [3.05, 3.63) is 48.5 Å². The largest absolute Gasteiger partial charge is 0.495 e. The fourth-order valence-corrected chi connectivity index (χ4v) is 4.94. The van der Waals surface area contributed by atoms with Gasteiger partial charge in [0.1, 0.15) is 5.75 Å². The number of methoxy groups -OCH3 is 1. The average molecular weight is 475 g/mol. The molecular formula is C24H34N4O4S. The van der Waals surface area contributed by atoms with Crippen LogP contribution in [0.25, 0.3) is 0 Å². The van der Waals surface area contributed by atoms with Gasteiger partial charge in [0, 0.05) is 44.8 Å². The van der Waals surface area contributed by atoms with Crippen LogP contribution in [-0.2, 0) is 14.8 Å². The van der Waals surface area contributed by atoms with Gasteiger partial charge in [-0.2, -0.15) is 0 Å². The molecule has 2 N–H and O–H groups in total. The number of piperazine rings is 1. The fourth-order valence-electron chi connectivity index (χ4n) is 3.86. The van der Waals surface area contributed by atoms with Crippen LogP contribution in [-0.4, -0.2) is 65.6 Å². The quantitative estimate of drug-likeness (QED) is 0.487. The molecule has 180 valence electrons. The summed E-state index contributed by atoms with van der Waals surface area (Å²) in [6.07, 6.45) is 1.94. The molecule has 1 fully saturated rings. The fraction of sp³-hybridized carbons (Fsp3) is 0.458. The Morgan fingerprint density at radius 1 is 1.03 bits per heavy atom. The number of benzene rings is 2. The number of nitrogens with one attached hydrogen (secondary N) is 2. The molecule has 33 heavy (non-hydrogen) atoms. The molecule has 0 unspecified atom stereocenters. The van der Waals surface area contributed by atoms with Gasteiger partial charge in [0.15, 0.2) is 0 Å². The Balaban J connectivity index is 1.40. The first-order valence-corrected chi connectivity index (χ1v) is 12.9. The van der Waals surface area contributed by atoms with Crippen LogP contribution in [0.1, 0.15) is 26.2 Å². The van der Waals surface area contributed by atoms with E-state index in [0.717, 1.165) is 57.0 Å². The van der Waals surface area contributed by atoms with Gasteiger partial charge in [0.2, 0.25) is 15.9 Å². The Kier molecular flexibility index (Phi) is 9.11. The van der Waals surface area contributed by atoms with Crippen LogP contribution in [0.3, 0.4) is 0 Å². The summed E-state index contributed by atoms with van der Waals surface area (Å²) in [4.78, 5) is 16.5. The second-order valence-electron chi connectivity index (χ2n) is 8.07. The summed E-state index contributed by atoms with van der Waals surface area (Å²) < 4.78 is 33.2. The number of amides is 1. The van der Waals surface area contributed by atoms with Gasteiger partial charge in [0.05, 0.1) is 17.7 Å². The van der Waals surface area contributed by atoms with E-state index in [2.05, 4.69) is 25.9 Å². The van der Waals surface area contributed by atoms with Gasteiger partial charge in [-0.15, -0.1) is 0 Å². The van der Waals surface area contributed by atoms with E-state index in [4.69, 9.17) is 4.74 Å². The molecule has 1 heterocycles. The zero-order valence-corrected chi connectivity index (χ0v) is 20.2. The van der Waals surface area contributed by atoms with Gasteiger partial charge in [-0.3, -0.25) is 9.69 Å². The summed E-state index contributed by atoms with van der Waals surface area (Å²) in [5.41, 5.74) is 1.71. The first-order chi connectivity index (χ1) is 15.9. The van der Waals surface area contributed by atoms with Crippen LogP contribution in [0.4, 0.5) is 11.4 Å². The number of sulfonamides is 1. The van der Waals surface area contributed by atoms with Gasteiger partial charge >= 0.3 is 0 Å². The number of rotatable bonds is 11. The Morgan fingerprint density at radius 3 is 2.39 bits per heavy atom. The lowest BCUT2D eigenvalue weighted by molar-refractivity contribution is -0.116. The van der Waals surface area contributed by atoms with Crippen molar-refractivity contribution >= 4 is 27.3 Å². The van der Waals surface area contributed by atoms with E-state index < -0.39 is 10.0 Å². The third kappa shape index (κ3) is 7.18. The second kappa shape index (κ2) is 12.0. The Hall–Kier alpha value is -2.62. The van der Waals surface area contributed by atoms with E-state index >= 15 is 0 Å². The number of ether oxygens (including phenoxy) is 1. The zero-order valence-electron chi connectivity index (χ0n) is 19.4. The third-order valence-corrected chi connectivity index (χ3v) is 7.14. The summed E-state index contributed by atoms with van der Waals surface area (Å²) in [5, 5.41) is 2.76. The van der Waals surface area contributed by atoms with E-state index in [1.165, 1.54) is 12.1 Å². The summed E-state index contributed by atoms with van der Waals surface area (Å²) >= 11 is 0. The molecule has 0 atom stereocenters. The highest BCUT2D eigenvalue weighted by Gasteiger charge is 2.19. The molecule has 0 spiro atoms. The number of hydrogen-bond acceptors (Lipinski definition) is 6. The molecule has 3 rings (SSSR count). The van der Waals surface area contributed by atoms with Crippen molar-refractivity contribution in [3.8, 4) is 5.75 Å². The van der Waals surface area contributed by atoms with Crippen LogP contribution in [0.2, 0.25) is 0 Å². The maximum absolute atomic E-state index is 12.5. The molecule has 1 amide bonds. The van der Waals surface area contributed by atoms with Gasteiger partial charge < -0.3 is 15.0 Å². The van der Waals surface area contributed by atoms with Crippen molar-refractivity contribution in [2.45, 2.75) is 31.1 Å². The van der Waals surface area contributed by atoms with E-state index in [1.54, 1.807) is 19.2 Å². The van der Waals surface area contributed by atoms with Gasteiger partial charge in [-0.1, -0.05) is 19.1 Å². The maximum atomic E-state index is 12.5. The highest BCUT2D eigenvalue weighted by Crippen LogP contribution is 2.28. The first-order valence-electron chi connectivity index (χ1n) is 11.4. The van der Waals surface area contributed by atoms with Crippen molar-refractivity contribution in [1.82, 2.24) is 9.62 Å². The average Bonchev–Trinajstić information content (AvgIpc) is 2.83. The number of hydrogen-bond donors (Lipinski definition) is 2. The summed E-state index contributed by atoms with van der Waals surface area (Å²) in [6, 6.07) is 14.3. The molecule has 0 aromatic heterocycles. The smallest absolute Gasteiger partial charge is 0.240 e. The topological polar surface area (TPSA) is 91.0 Å². The molecule has 0 saturated carbocycles. The van der Waals surface area contributed by atoms with Gasteiger partial charge in [-0.05, 0) is 55.8 Å². The van der Waals surface area contributed by atoms with E-state index in [1.807, 2.05) is 25.1 Å². The highest BCUT2D eigenvalue weighted by molar-refractivity contribution is 7.89. The number of carbonyl (C=O) groups is 1. The molecule has 0 bridgehead atoms. The van der Waals surface area contributed by atoms with Crippen LogP contribution >= 0.6 is 0 Å². The number of anilines is 2. The monoisotopic (exact) mass is 474 g/mol. The predicted octanol–water partition coefficient (Wildman–Crippen LogP) is 2.92. The van der Waals surface area contributed by atoms with Gasteiger partial charge in [-0.25, -0.2) is 13.1 Å². The molecule has 2 aromatic carbocycles. The Bertz CT molecular complexity index is 1000. The van der Waals surface area contributed by atoms with E-state index in [0.29, 0.717) is 18.7 Å². The minimum Gasteiger partial charge on any atom is -0.495 e. The lowest BCUT2D eigenvalue weighted by Crippen LogP contribution is -2.47. The Morgan fingerprint density at radius 2 is 1.73 bits per heavy atom. The summed E-state index contributed by atoms with van der Waals surface area (Å²) in [6.45, 7) is 6.82. The molecule has 1 aliphatic heterocycles. The van der Waals surface area contributed by atoms with Crippen LogP contribution < -0.4 is 19.7 Å². The lowest BCUT2D eigenvalue weighted by atomic mass is 10.2. The van der Waals surface area contributed by atoms with E-state index in [-0.39, 0.29) is 10.8 Å². The Labute approximate surface area is 197 Å². The summed E-state index contributed by atoms with van der Waals surface area (Å²) in [7, 11) is -1.88. The molecular weight excluding hydrogens is 440 g/mol. The highest BCUT2D eigenvalue weighted by atomic mass is 32.2.